The maximum atomic E-state index is 11.9. The average Bonchev–Trinajstić information content (AvgIpc) is 2.96. The Bertz CT molecular complexity index is 654. The zero-order valence-corrected chi connectivity index (χ0v) is 10.9. The van der Waals surface area contributed by atoms with Gasteiger partial charge in [-0.2, -0.15) is 4.98 Å². The largest absolute Gasteiger partial charge is 0.384 e. The number of aliphatic hydroxyl groups is 1. The molecule has 0 aliphatic heterocycles. The van der Waals surface area contributed by atoms with Crippen LogP contribution in [-0.2, 0) is 6.54 Å². The van der Waals surface area contributed by atoms with Crippen molar-refractivity contribution in [2.75, 3.05) is 6.61 Å². The Hall–Kier alpha value is -2.65. The number of rotatable bonds is 3. The number of carbonyl (C=O) groups excluding carboxylic acids is 1. The van der Waals surface area contributed by atoms with Crippen molar-refractivity contribution in [3.05, 3.63) is 47.1 Å². The molecule has 0 radical (unpaired) electrons. The van der Waals surface area contributed by atoms with Crippen LogP contribution < -0.4 is 5.32 Å². The molecule has 0 spiro atoms. The highest BCUT2D eigenvalue weighted by Crippen LogP contribution is 2.10. The molecule has 0 aliphatic carbocycles. The number of aliphatic hydroxyl groups excluding tert-OH is 1. The van der Waals surface area contributed by atoms with Crippen molar-refractivity contribution in [3.63, 3.8) is 0 Å². The summed E-state index contributed by atoms with van der Waals surface area (Å²) < 4.78 is 4.58. The van der Waals surface area contributed by atoms with Crippen molar-refractivity contribution in [2.45, 2.75) is 13.5 Å². The number of aromatic nitrogens is 2. The second-order valence-corrected chi connectivity index (χ2v) is 4.02. The van der Waals surface area contributed by atoms with Crippen LogP contribution in [0.4, 0.5) is 0 Å². The van der Waals surface area contributed by atoms with Crippen LogP contribution in [0.1, 0.15) is 27.3 Å². The topological polar surface area (TPSA) is 88.3 Å². The fourth-order valence-corrected chi connectivity index (χ4v) is 1.61. The van der Waals surface area contributed by atoms with Gasteiger partial charge >= 0.3 is 0 Å². The molecule has 0 aliphatic rings. The van der Waals surface area contributed by atoms with Crippen molar-refractivity contribution in [1.82, 2.24) is 15.5 Å². The van der Waals surface area contributed by atoms with Crippen LogP contribution >= 0.6 is 0 Å². The molecule has 20 heavy (non-hydrogen) atoms. The molecule has 1 aromatic heterocycles. The van der Waals surface area contributed by atoms with E-state index in [0.717, 1.165) is 11.1 Å². The molecular weight excluding hydrogens is 258 g/mol. The summed E-state index contributed by atoms with van der Waals surface area (Å²) in [4.78, 5) is 15.8. The Balaban J connectivity index is 2.05. The first-order valence-corrected chi connectivity index (χ1v) is 5.94. The number of aryl methyl sites for hydroxylation is 1. The first kappa shape index (κ1) is 13.8. The average molecular weight is 271 g/mol. The zero-order chi connectivity index (χ0) is 14.4. The van der Waals surface area contributed by atoms with E-state index in [0.29, 0.717) is 11.4 Å². The Morgan fingerprint density at radius 1 is 1.50 bits per heavy atom. The Morgan fingerprint density at radius 3 is 3.00 bits per heavy atom. The van der Waals surface area contributed by atoms with Gasteiger partial charge in [-0.05, 0) is 30.7 Å². The highest BCUT2D eigenvalue weighted by atomic mass is 16.5. The van der Waals surface area contributed by atoms with Gasteiger partial charge in [0.1, 0.15) is 6.61 Å². The molecule has 6 heteroatoms. The van der Waals surface area contributed by atoms with Crippen LogP contribution in [0.15, 0.2) is 29.1 Å². The normalized spacial score (nSPS) is 9.70. The predicted octanol–water partition coefficient (Wildman–Crippen LogP) is 0.652. The lowest BCUT2D eigenvalue weighted by Gasteiger charge is -2.05. The van der Waals surface area contributed by atoms with Gasteiger partial charge in [0, 0.05) is 11.1 Å². The van der Waals surface area contributed by atoms with E-state index in [4.69, 9.17) is 5.11 Å². The van der Waals surface area contributed by atoms with Crippen molar-refractivity contribution >= 4 is 5.91 Å². The molecule has 0 saturated carbocycles. The lowest BCUT2D eigenvalue weighted by atomic mass is 10.0. The van der Waals surface area contributed by atoms with Crippen LogP contribution in [0, 0.1) is 18.8 Å². The smallest absolute Gasteiger partial charge is 0.251 e. The highest BCUT2D eigenvalue weighted by molar-refractivity contribution is 5.94. The molecule has 2 rings (SSSR count). The van der Waals surface area contributed by atoms with E-state index in [2.05, 4.69) is 31.8 Å². The molecule has 0 bridgehead atoms. The fraction of sp³-hybridized carbons (Fsp3) is 0.214. The van der Waals surface area contributed by atoms with Gasteiger partial charge in [0.05, 0.1) is 6.54 Å². The van der Waals surface area contributed by atoms with Crippen molar-refractivity contribution < 1.29 is 14.4 Å². The number of nitrogens with one attached hydrogen (secondary N) is 1. The van der Waals surface area contributed by atoms with Gasteiger partial charge in [0.15, 0.2) is 5.82 Å². The first-order chi connectivity index (χ1) is 9.70. The maximum Gasteiger partial charge on any atom is 0.251 e. The van der Waals surface area contributed by atoms with Gasteiger partial charge in [-0.15, -0.1) is 0 Å². The molecule has 0 fully saturated rings. The monoisotopic (exact) mass is 271 g/mol. The molecule has 2 aromatic rings. The van der Waals surface area contributed by atoms with Crippen molar-refractivity contribution in [3.8, 4) is 11.8 Å². The third-order valence-electron chi connectivity index (χ3n) is 2.60. The molecule has 1 aromatic carbocycles. The van der Waals surface area contributed by atoms with E-state index in [1.165, 1.54) is 6.39 Å². The third kappa shape index (κ3) is 3.43. The van der Waals surface area contributed by atoms with Gasteiger partial charge < -0.3 is 14.9 Å². The molecular formula is C14H13N3O3. The second kappa shape index (κ2) is 6.50. The lowest BCUT2D eigenvalue weighted by molar-refractivity contribution is 0.0949. The first-order valence-electron chi connectivity index (χ1n) is 5.94. The van der Waals surface area contributed by atoms with E-state index >= 15 is 0 Å². The highest BCUT2D eigenvalue weighted by Gasteiger charge is 2.08. The van der Waals surface area contributed by atoms with E-state index < -0.39 is 0 Å². The fourth-order valence-electron chi connectivity index (χ4n) is 1.61. The summed E-state index contributed by atoms with van der Waals surface area (Å²) in [6, 6.07) is 5.17. The number of nitrogens with zero attached hydrogens (tertiary/aromatic N) is 2. The zero-order valence-electron chi connectivity index (χ0n) is 10.9. The van der Waals surface area contributed by atoms with Crippen molar-refractivity contribution in [1.29, 1.82) is 0 Å². The van der Waals surface area contributed by atoms with Gasteiger partial charge in [0.2, 0.25) is 6.39 Å². The summed E-state index contributed by atoms with van der Waals surface area (Å²) in [6.45, 7) is 1.88. The summed E-state index contributed by atoms with van der Waals surface area (Å²) in [7, 11) is 0. The summed E-state index contributed by atoms with van der Waals surface area (Å²) in [5, 5.41) is 15.0. The number of hydrogen-bond acceptors (Lipinski definition) is 5. The van der Waals surface area contributed by atoms with Crippen LogP contribution in [0.25, 0.3) is 0 Å². The summed E-state index contributed by atoms with van der Waals surface area (Å²) in [6.07, 6.45) is 1.21. The SMILES string of the molecule is Cc1cc(C(=O)NCc2ncon2)ccc1C#CCO. The quantitative estimate of drug-likeness (QED) is 0.800. The van der Waals surface area contributed by atoms with E-state index in [1.54, 1.807) is 18.2 Å². The van der Waals surface area contributed by atoms with E-state index in [-0.39, 0.29) is 19.1 Å². The summed E-state index contributed by atoms with van der Waals surface area (Å²) in [5.74, 6) is 5.59. The minimum atomic E-state index is -0.223. The van der Waals surface area contributed by atoms with E-state index in [1.807, 2.05) is 6.92 Å². The molecule has 0 atom stereocenters. The van der Waals surface area contributed by atoms with Gasteiger partial charge in [-0.3, -0.25) is 4.79 Å². The van der Waals surface area contributed by atoms with Crippen LogP contribution in [0.3, 0.4) is 0 Å². The van der Waals surface area contributed by atoms with Crippen LogP contribution in [-0.4, -0.2) is 27.8 Å². The Morgan fingerprint density at radius 2 is 2.35 bits per heavy atom. The van der Waals surface area contributed by atoms with Gasteiger partial charge in [-0.1, -0.05) is 17.0 Å². The number of hydrogen-bond donors (Lipinski definition) is 2. The molecule has 6 nitrogen and oxygen atoms in total. The minimum absolute atomic E-state index is 0.188. The molecule has 0 saturated heterocycles. The maximum absolute atomic E-state index is 11.9. The molecule has 1 amide bonds. The molecule has 2 N–H and O–H groups in total. The number of carbonyl (C=O) groups is 1. The summed E-state index contributed by atoms with van der Waals surface area (Å²) in [5.41, 5.74) is 2.19. The van der Waals surface area contributed by atoms with Crippen LogP contribution in [0.5, 0.6) is 0 Å². The number of amides is 1. The molecule has 1 heterocycles. The Kier molecular flexibility index (Phi) is 4.47. The minimum Gasteiger partial charge on any atom is -0.384 e. The third-order valence-corrected chi connectivity index (χ3v) is 2.60. The Labute approximate surface area is 115 Å². The lowest BCUT2D eigenvalue weighted by Crippen LogP contribution is -2.23. The predicted molar refractivity (Wildman–Crippen MR) is 70.6 cm³/mol. The molecule has 0 unspecified atom stereocenters. The van der Waals surface area contributed by atoms with Gasteiger partial charge in [0.25, 0.3) is 5.91 Å². The van der Waals surface area contributed by atoms with Crippen molar-refractivity contribution in [2.24, 2.45) is 0 Å². The van der Waals surface area contributed by atoms with Crippen LogP contribution in [0.2, 0.25) is 0 Å². The van der Waals surface area contributed by atoms with E-state index in [9.17, 15) is 4.79 Å². The second-order valence-electron chi connectivity index (χ2n) is 4.02. The standard InChI is InChI=1S/C14H13N3O3/c1-10-7-12(5-4-11(10)3-2-6-18)14(19)15-8-13-16-9-20-17-13/h4-5,7,9,18H,6,8H2,1H3,(H,15,19). The molecule has 102 valence electrons. The van der Waals surface area contributed by atoms with Gasteiger partial charge in [-0.25, -0.2) is 0 Å². The number of benzene rings is 1. The summed E-state index contributed by atoms with van der Waals surface area (Å²) >= 11 is 0.